The van der Waals surface area contributed by atoms with Crippen LogP contribution in [0.4, 0.5) is 4.39 Å². The lowest BCUT2D eigenvalue weighted by Crippen LogP contribution is -2.02. The van der Waals surface area contributed by atoms with Crippen LogP contribution in [0.25, 0.3) is 0 Å². The van der Waals surface area contributed by atoms with Gasteiger partial charge in [-0.15, -0.1) is 0 Å². The summed E-state index contributed by atoms with van der Waals surface area (Å²) >= 11 is 17.7. The van der Waals surface area contributed by atoms with Gasteiger partial charge < -0.3 is 5.11 Å². The first-order chi connectivity index (χ1) is 8.97. The molecule has 0 radical (unpaired) electrons. The summed E-state index contributed by atoms with van der Waals surface area (Å²) in [5, 5.41) is 11.3. The maximum absolute atomic E-state index is 13.1. The first kappa shape index (κ1) is 14.6. The predicted molar refractivity (Wildman–Crippen MR) is 76.5 cm³/mol. The van der Waals surface area contributed by atoms with Gasteiger partial charge in [-0.2, -0.15) is 0 Å². The maximum atomic E-state index is 13.1. The fraction of sp³-hybridized carbons (Fsp3) is 0.143. The zero-order valence-electron chi connectivity index (χ0n) is 9.71. The lowest BCUT2D eigenvalue weighted by Gasteiger charge is -2.13. The average Bonchev–Trinajstić information content (AvgIpc) is 2.37. The van der Waals surface area contributed by atoms with Crippen LogP contribution < -0.4 is 0 Å². The highest BCUT2D eigenvalue weighted by Gasteiger charge is 2.13. The van der Waals surface area contributed by atoms with Crippen LogP contribution in [0, 0.1) is 5.82 Å². The van der Waals surface area contributed by atoms with Gasteiger partial charge in [-0.3, -0.25) is 0 Å². The van der Waals surface area contributed by atoms with E-state index < -0.39 is 6.10 Å². The number of hydrogen-bond acceptors (Lipinski definition) is 1. The van der Waals surface area contributed by atoms with Gasteiger partial charge in [0.2, 0.25) is 0 Å². The highest BCUT2D eigenvalue weighted by Crippen LogP contribution is 2.28. The molecular weight excluding hydrogens is 310 g/mol. The average molecular weight is 320 g/mol. The van der Waals surface area contributed by atoms with E-state index in [0.717, 1.165) is 0 Å². The maximum Gasteiger partial charge on any atom is 0.123 e. The number of rotatable bonds is 3. The third-order valence-corrected chi connectivity index (χ3v) is 3.86. The van der Waals surface area contributed by atoms with E-state index in [9.17, 15) is 9.50 Å². The molecule has 0 bridgehead atoms. The van der Waals surface area contributed by atoms with Gasteiger partial charge in [-0.1, -0.05) is 40.9 Å². The predicted octanol–water partition coefficient (Wildman–Crippen LogP) is 5.06. The molecule has 100 valence electrons. The van der Waals surface area contributed by atoms with Crippen molar-refractivity contribution in [3.63, 3.8) is 0 Å². The number of aliphatic hydroxyl groups is 1. The van der Waals surface area contributed by atoms with Crippen molar-refractivity contribution in [2.45, 2.75) is 12.5 Å². The second-order valence-corrected chi connectivity index (χ2v) is 5.35. The first-order valence-corrected chi connectivity index (χ1v) is 6.67. The highest BCUT2D eigenvalue weighted by atomic mass is 35.5. The monoisotopic (exact) mass is 318 g/mol. The van der Waals surface area contributed by atoms with Crippen LogP contribution in [0.3, 0.4) is 0 Å². The quantitative estimate of drug-likeness (QED) is 0.838. The van der Waals surface area contributed by atoms with E-state index in [1.54, 1.807) is 18.2 Å². The Hall–Kier alpha value is -0.800. The molecule has 0 spiro atoms. The Balaban J connectivity index is 2.22. The second-order valence-electron chi connectivity index (χ2n) is 4.13. The van der Waals surface area contributed by atoms with Gasteiger partial charge in [0.25, 0.3) is 0 Å². The molecule has 0 heterocycles. The summed E-state index contributed by atoms with van der Waals surface area (Å²) < 4.78 is 13.1. The molecule has 1 atom stereocenters. The summed E-state index contributed by atoms with van der Waals surface area (Å²) in [5.41, 5.74) is 1.15. The topological polar surface area (TPSA) is 20.2 Å². The molecule has 0 saturated carbocycles. The zero-order valence-corrected chi connectivity index (χ0v) is 12.0. The molecule has 19 heavy (non-hydrogen) atoms. The summed E-state index contributed by atoms with van der Waals surface area (Å²) in [6.45, 7) is 0. The van der Waals surface area contributed by atoms with E-state index in [2.05, 4.69) is 0 Å². The Labute approximate surface area is 125 Å². The Kier molecular flexibility index (Phi) is 4.69. The second kappa shape index (κ2) is 6.10. The fourth-order valence-electron chi connectivity index (χ4n) is 1.75. The van der Waals surface area contributed by atoms with E-state index in [4.69, 9.17) is 34.8 Å². The van der Waals surface area contributed by atoms with Crippen molar-refractivity contribution in [1.29, 1.82) is 0 Å². The zero-order chi connectivity index (χ0) is 14.0. The van der Waals surface area contributed by atoms with Gasteiger partial charge in [0.05, 0.1) is 16.1 Å². The minimum Gasteiger partial charge on any atom is -0.388 e. The molecule has 0 aliphatic carbocycles. The lowest BCUT2D eigenvalue weighted by molar-refractivity contribution is 0.178. The largest absolute Gasteiger partial charge is 0.388 e. The molecule has 2 aromatic carbocycles. The fourth-order valence-corrected chi connectivity index (χ4v) is 2.25. The van der Waals surface area contributed by atoms with E-state index in [-0.39, 0.29) is 12.2 Å². The van der Waals surface area contributed by atoms with Gasteiger partial charge >= 0.3 is 0 Å². The molecule has 2 aromatic rings. The number of aliphatic hydroxyl groups excluding tert-OH is 1. The van der Waals surface area contributed by atoms with E-state index in [1.807, 2.05) is 0 Å². The van der Waals surface area contributed by atoms with Crippen LogP contribution in [0.5, 0.6) is 0 Å². The van der Waals surface area contributed by atoms with E-state index in [1.165, 1.54) is 18.2 Å². The molecule has 1 N–H and O–H groups in total. The van der Waals surface area contributed by atoms with Crippen LogP contribution in [-0.2, 0) is 6.42 Å². The van der Waals surface area contributed by atoms with Crippen LogP contribution in [0.2, 0.25) is 15.1 Å². The molecular formula is C14H10Cl3FO. The number of benzene rings is 2. The normalized spacial score (nSPS) is 12.5. The van der Waals surface area contributed by atoms with Gasteiger partial charge in [0, 0.05) is 11.4 Å². The lowest BCUT2D eigenvalue weighted by atomic mass is 10.0. The summed E-state index contributed by atoms with van der Waals surface area (Å²) in [6.07, 6.45) is -0.622. The molecule has 0 aromatic heterocycles. The summed E-state index contributed by atoms with van der Waals surface area (Å²) in [7, 11) is 0. The smallest absolute Gasteiger partial charge is 0.123 e. The molecule has 0 amide bonds. The van der Waals surface area contributed by atoms with Crippen molar-refractivity contribution in [2.24, 2.45) is 0 Å². The SMILES string of the molecule is OC(Cc1cc(F)ccc1Cl)c1ccc(Cl)c(Cl)c1. The minimum atomic E-state index is -0.825. The Morgan fingerprint density at radius 1 is 0.947 bits per heavy atom. The summed E-state index contributed by atoms with van der Waals surface area (Å²) in [6, 6.07) is 8.91. The Morgan fingerprint density at radius 3 is 2.32 bits per heavy atom. The molecule has 0 aliphatic heterocycles. The number of halogens is 4. The molecule has 1 nitrogen and oxygen atoms in total. The van der Waals surface area contributed by atoms with Crippen LogP contribution in [-0.4, -0.2) is 5.11 Å². The van der Waals surface area contributed by atoms with Crippen molar-refractivity contribution in [3.8, 4) is 0 Å². The van der Waals surface area contributed by atoms with Crippen molar-refractivity contribution < 1.29 is 9.50 Å². The standard InChI is InChI=1S/C14H10Cl3FO/c15-11-4-2-10(18)5-9(11)7-14(19)8-1-3-12(16)13(17)6-8/h1-6,14,19H,7H2. The van der Waals surface area contributed by atoms with Crippen molar-refractivity contribution in [2.75, 3.05) is 0 Å². The van der Waals surface area contributed by atoms with Gasteiger partial charge in [-0.25, -0.2) is 4.39 Å². The molecule has 5 heteroatoms. The third-order valence-electron chi connectivity index (χ3n) is 2.75. The Bertz CT molecular complexity index is 601. The molecule has 1 unspecified atom stereocenters. The molecule has 0 saturated heterocycles. The minimum absolute atomic E-state index is 0.203. The number of hydrogen-bond donors (Lipinski definition) is 1. The Morgan fingerprint density at radius 2 is 1.63 bits per heavy atom. The van der Waals surface area contributed by atoms with Crippen LogP contribution >= 0.6 is 34.8 Å². The van der Waals surface area contributed by atoms with E-state index >= 15 is 0 Å². The first-order valence-electron chi connectivity index (χ1n) is 5.54. The molecule has 0 aliphatic rings. The van der Waals surface area contributed by atoms with Crippen molar-refractivity contribution in [1.82, 2.24) is 0 Å². The van der Waals surface area contributed by atoms with Crippen LogP contribution in [0.15, 0.2) is 36.4 Å². The van der Waals surface area contributed by atoms with Gasteiger partial charge in [0.1, 0.15) is 5.82 Å². The van der Waals surface area contributed by atoms with Crippen molar-refractivity contribution >= 4 is 34.8 Å². The van der Waals surface area contributed by atoms with Gasteiger partial charge in [0.15, 0.2) is 0 Å². The summed E-state index contributed by atoms with van der Waals surface area (Å²) in [5.74, 6) is -0.388. The van der Waals surface area contributed by atoms with Crippen LogP contribution in [0.1, 0.15) is 17.2 Å². The highest BCUT2D eigenvalue weighted by molar-refractivity contribution is 6.42. The van der Waals surface area contributed by atoms with Crippen molar-refractivity contribution in [3.05, 3.63) is 68.4 Å². The van der Waals surface area contributed by atoms with Gasteiger partial charge in [-0.05, 0) is 41.5 Å². The van der Waals surface area contributed by atoms with E-state index in [0.29, 0.717) is 26.2 Å². The summed E-state index contributed by atoms with van der Waals surface area (Å²) in [4.78, 5) is 0. The molecule has 2 rings (SSSR count). The molecule has 0 fully saturated rings. The third kappa shape index (κ3) is 3.61.